The van der Waals surface area contributed by atoms with Crippen molar-refractivity contribution in [1.82, 2.24) is 24.5 Å². The molecule has 0 atom stereocenters. The van der Waals surface area contributed by atoms with E-state index in [9.17, 15) is 0 Å². The molecule has 0 spiro atoms. The van der Waals surface area contributed by atoms with Crippen LogP contribution >= 0.6 is 22.9 Å². The summed E-state index contributed by atoms with van der Waals surface area (Å²) in [6.45, 7) is 0. The van der Waals surface area contributed by atoms with Crippen LogP contribution in [0.5, 0.6) is 0 Å². The van der Waals surface area contributed by atoms with Crippen LogP contribution in [-0.4, -0.2) is 24.5 Å². The average Bonchev–Trinajstić information content (AvgIpc) is 3.05. The van der Waals surface area contributed by atoms with Gasteiger partial charge in [-0.05, 0) is 12.1 Å². The average molecular weight is 270 g/mol. The first-order valence-corrected chi connectivity index (χ1v) is 6.76. The molecule has 0 aliphatic heterocycles. The predicted octanol–water partition coefficient (Wildman–Crippen LogP) is 2.56. The van der Waals surface area contributed by atoms with Crippen LogP contribution in [0.3, 0.4) is 0 Å². The van der Waals surface area contributed by atoms with Gasteiger partial charge in [-0.15, -0.1) is 16.4 Å². The van der Waals surface area contributed by atoms with E-state index < -0.39 is 0 Å². The van der Waals surface area contributed by atoms with Crippen LogP contribution in [0.1, 0.15) is 0 Å². The van der Waals surface area contributed by atoms with Gasteiger partial charge in [0.05, 0.1) is 16.4 Å². The summed E-state index contributed by atoms with van der Waals surface area (Å²) in [5.41, 5.74) is 5.33. The number of hydrogen-bond donors (Lipinski definition) is 0. The molecular weight excluding hydrogens is 266 g/mol. The second kappa shape index (κ2) is 3.76. The smallest absolute Gasteiger partial charge is 0.171 e. The summed E-state index contributed by atoms with van der Waals surface area (Å²) in [7, 11) is 0. The van der Waals surface area contributed by atoms with Crippen molar-refractivity contribution in [2.24, 2.45) is 0 Å². The molecule has 0 fully saturated rings. The van der Waals surface area contributed by atoms with Crippen molar-refractivity contribution in [3.8, 4) is 11.1 Å². The summed E-state index contributed by atoms with van der Waals surface area (Å²) in [6.07, 6.45) is 4.69. The maximum absolute atomic E-state index is 4.35. The Morgan fingerprint density at radius 3 is 3.22 bits per heavy atom. The summed E-state index contributed by atoms with van der Waals surface area (Å²) in [6, 6.07) is 3.83. The molecule has 0 aliphatic rings. The molecule has 85 valence electrons. The molecule has 0 aromatic carbocycles. The minimum atomic E-state index is 0.717. The number of pyridine rings is 2. The maximum atomic E-state index is 4.35. The van der Waals surface area contributed by atoms with Crippen LogP contribution in [-0.2, 0) is 0 Å². The molecule has 18 heavy (non-hydrogen) atoms. The van der Waals surface area contributed by atoms with E-state index >= 15 is 0 Å². The first kappa shape index (κ1) is 9.98. The molecule has 4 aromatic heterocycles. The highest BCUT2D eigenvalue weighted by atomic mass is 32.1. The van der Waals surface area contributed by atoms with Crippen molar-refractivity contribution in [3.05, 3.63) is 30.0 Å². The highest BCUT2D eigenvalue weighted by molar-refractivity contribution is 7.17. The van der Waals surface area contributed by atoms with Crippen molar-refractivity contribution in [2.75, 3.05) is 0 Å². The van der Waals surface area contributed by atoms with Crippen LogP contribution in [0.2, 0.25) is 0 Å². The summed E-state index contributed by atoms with van der Waals surface area (Å²) in [5, 5.41) is 4.04. The lowest BCUT2D eigenvalue weighted by atomic mass is 10.1. The second-order valence-electron chi connectivity index (χ2n) is 3.63. The number of rotatable bonds is 1. The summed E-state index contributed by atoms with van der Waals surface area (Å²) < 4.78 is 4.93. The molecule has 0 amide bonds. The third-order valence-electron chi connectivity index (χ3n) is 2.59. The fraction of sp³-hybridized carbons (Fsp3) is 0. The Morgan fingerprint density at radius 2 is 2.22 bits per heavy atom. The summed E-state index contributed by atoms with van der Waals surface area (Å²) in [5.74, 6) is 0. The van der Waals surface area contributed by atoms with Gasteiger partial charge in [-0.2, -0.15) is 0 Å². The Kier molecular flexibility index (Phi) is 2.08. The Bertz CT molecular complexity index is 851. The van der Waals surface area contributed by atoms with Crippen LogP contribution in [0.4, 0.5) is 0 Å². The first-order valence-electron chi connectivity index (χ1n) is 5.10. The second-order valence-corrected chi connectivity index (χ2v) is 5.21. The van der Waals surface area contributed by atoms with E-state index in [1.165, 1.54) is 11.5 Å². The molecule has 0 saturated carbocycles. The van der Waals surface area contributed by atoms with E-state index in [0.717, 1.165) is 26.2 Å². The molecule has 4 rings (SSSR count). The van der Waals surface area contributed by atoms with E-state index in [4.69, 9.17) is 0 Å². The van der Waals surface area contributed by atoms with Crippen molar-refractivity contribution in [3.63, 3.8) is 0 Å². The van der Waals surface area contributed by atoms with Gasteiger partial charge in [-0.1, -0.05) is 4.49 Å². The van der Waals surface area contributed by atoms with E-state index in [-0.39, 0.29) is 0 Å². The molecule has 5 nitrogen and oxygen atoms in total. The maximum Gasteiger partial charge on any atom is 0.171 e. The molecule has 7 heteroatoms. The zero-order chi connectivity index (χ0) is 11.9. The lowest BCUT2D eigenvalue weighted by Crippen LogP contribution is -1.84. The molecule has 0 N–H and O–H groups in total. The molecule has 0 saturated heterocycles. The molecule has 0 unspecified atom stereocenters. The van der Waals surface area contributed by atoms with E-state index in [1.807, 2.05) is 18.3 Å². The van der Waals surface area contributed by atoms with Crippen molar-refractivity contribution in [1.29, 1.82) is 0 Å². The van der Waals surface area contributed by atoms with Gasteiger partial charge < -0.3 is 0 Å². The van der Waals surface area contributed by atoms with Gasteiger partial charge in [0.25, 0.3) is 0 Å². The molecule has 4 aromatic rings. The van der Waals surface area contributed by atoms with Gasteiger partial charge in [0.2, 0.25) is 0 Å². The topological polar surface area (TPSA) is 64.5 Å². The Morgan fingerprint density at radius 1 is 1.22 bits per heavy atom. The predicted molar refractivity (Wildman–Crippen MR) is 70.5 cm³/mol. The zero-order valence-electron chi connectivity index (χ0n) is 8.86. The van der Waals surface area contributed by atoms with Crippen LogP contribution in [0, 0.1) is 6.20 Å². The number of fused-ring (bicyclic) bond motifs is 2. The van der Waals surface area contributed by atoms with Crippen molar-refractivity contribution >= 4 is 43.6 Å². The number of hydrogen-bond acceptors (Lipinski definition) is 7. The Balaban J connectivity index is 2.03. The van der Waals surface area contributed by atoms with Crippen LogP contribution in [0.15, 0.2) is 23.8 Å². The first-order chi connectivity index (χ1) is 8.92. The highest BCUT2D eigenvalue weighted by Crippen LogP contribution is 2.30. The minimum absolute atomic E-state index is 0.717. The highest BCUT2D eigenvalue weighted by Gasteiger charge is 2.09. The van der Waals surface area contributed by atoms with Gasteiger partial charge >= 0.3 is 0 Å². The fourth-order valence-corrected chi connectivity index (χ4v) is 3.04. The van der Waals surface area contributed by atoms with E-state index in [2.05, 4.69) is 30.7 Å². The third kappa shape index (κ3) is 1.41. The largest absolute Gasteiger partial charge is 0.241 e. The lowest BCUT2D eigenvalue weighted by molar-refractivity contribution is 1.20. The van der Waals surface area contributed by atoms with Gasteiger partial charge in [-0.3, -0.25) is 0 Å². The van der Waals surface area contributed by atoms with Crippen molar-refractivity contribution in [2.45, 2.75) is 0 Å². The van der Waals surface area contributed by atoms with Gasteiger partial charge in [0, 0.05) is 28.9 Å². The fourth-order valence-electron chi connectivity index (χ4n) is 1.77. The molecule has 0 bridgehead atoms. The Labute approximate surface area is 109 Å². The van der Waals surface area contributed by atoms with Gasteiger partial charge in [-0.25, -0.2) is 15.0 Å². The Hall–Kier alpha value is -1.99. The van der Waals surface area contributed by atoms with Gasteiger partial charge in [0.15, 0.2) is 10.5 Å². The van der Waals surface area contributed by atoms with Crippen LogP contribution < -0.4 is 0 Å². The van der Waals surface area contributed by atoms with E-state index in [0.29, 0.717) is 5.65 Å². The standard InChI is InChI=1S/C11H4N5S2/c1-2-12-10-9(17-5-14-10)7(1)6-3-8-11(13-4-6)18-16-15-8/h1,3-5H. The SMILES string of the molecule is [c]1cc(-c2cnc3snnc3c2)c2scnc2n1. The normalized spacial score (nSPS) is 11.3. The quantitative estimate of drug-likeness (QED) is 0.532. The molecular formula is C11H4N5S2. The number of thiazole rings is 1. The number of nitrogens with zero attached hydrogens (tertiary/aromatic N) is 5. The zero-order valence-corrected chi connectivity index (χ0v) is 10.5. The van der Waals surface area contributed by atoms with E-state index in [1.54, 1.807) is 16.8 Å². The monoisotopic (exact) mass is 270 g/mol. The molecule has 0 aliphatic carbocycles. The van der Waals surface area contributed by atoms with Gasteiger partial charge in [0.1, 0.15) is 5.52 Å². The molecule has 1 radical (unpaired) electrons. The summed E-state index contributed by atoms with van der Waals surface area (Å²) in [4.78, 5) is 13.5. The lowest BCUT2D eigenvalue weighted by Gasteiger charge is -2.00. The van der Waals surface area contributed by atoms with Crippen LogP contribution in [0.25, 0.3) is 31.8 Å². The molecule has 4 heterocycles. The summed E-state index contributed by atoms with van der Waals surface area (Å²) >= 11 is 2.86. The minimum Gasteiger partial charge on any atom is -0.241 e. The third-order valence-corrected chi connectivity index (χ3v) is 4.09. The van der Waals surface area contributed by atoms with Crippen molar-refractivity contribution < 1.29 is 0 Å². The number of aromatic nitrogens is 5.